The van der Waals surface area contributed by atoms with Gasteiger partial charge in [0.1, 0.15) is 0 Å². The summed E-state index contributed by atoms with van der Waals surface area (Å²) < 4.78 is 0. The fourth-order valence-electron chi connectivity index (χ4n) is 2.24. The Hall–Kier alpha value is -2.10. The van der Waals surface area contributed by atoms with Gasteiger partial charge >= 0.3 is 0 Å². The number of benzene rings is 2. The molecule has 1 aromatic heterocycles. The molecular weight excluding hydrogens is 319 g/mol. The van der Waals surface area contributed by atoms with Gasteiger partial charge in [-0.25, -0.2) is 0 Å². The van der Waals surface area contributed by atoms with Crippen molar-refractivity contribution in [2.75, 3.05) is 5.32 Å². The van der Waals surface area contributed by atoms with Gasteiger partial charge in [0, 0.05) is 27.2 Å². The lowest BCUT2D eigenvalue weighted by molar-refractivity contribution is 0.102. The highest BCUT2D eigenvalue weighted by Crippen LogP contribution is 2.28. The monoisotopic (exact) mass is 330 g/mol. The Kier molecular flexibility index (Phi) is 4.01. The zero-order valence-electron chi connectivity index (χ0n) is 11.7. The van der Waals surface area contributed by atoms with E-state index in [0.717, 1.165) is 16.5 Å². The van der Waals surface area contributed by atoms with Gasteiger partial charge < -0.3 is 5.32 Å². The van der Waals surface area contributed by atoms with Gasteiger partial charge in [-0.1, -0.05) is 23.2 Å². The summed E-state index contributed by atoms with van der Waals surface area (Å²) >= 11 is 12.0. The van der Waals surface area contributed by atoms with Crippen molar-refractivity contribution >= 4 is 45.7 Å². The third kappa shape index (κ3) is 2.78. The molecule has 1 heterocycles. The molecule has 0 saturated carbocycles. The Morgan fingerprint density at radius 2 is 1.77 bits per heavy atom. The first-order valence-electron chi connectivity index (χ1n) is 6.67. The van der Waals surface area contributed by atoms with Gasteiger partial charge in [-0.3, -0.25) is 9.78 Å². The summed E-state index contributed by atoms with van der Waals surface area (Å²) in [6.07, 6.45) is 1.66. The summed E-state index contributed by atoms with van der Waals surface area (Å²) in [5.41, 5.74) is 2.91. The van der Waals surface area contributed by atoms with Gasteiger partial charge in [-0.15, -0.1) is 0 Å². The van der Waals surface area contributed by atoms with Crippen LogP contribution in [0.15, 0.2) is 48.7 Å². The molecular formula is C17H12Cl2N2O. The average molecular weight is 331 g/mol. The quantitative estimate of drug-likeness (QED) is 0.710. The zero-order valence-corrected chi connectivity index (χ0v) is 13.2. The number of nitrogens with one attached hydrogen (secondary N) is 1. The largest absolute Gasteiger partial charge is 0.321 e. The minimum Gasteiger partial charge on any atom is -0.321 e. The smallest absolute Gasteiger partial charge is 0.255 e. The van der Waals surface area contributed by atoms with Crippen molar-refractivity contribution in [2.24, 2.45) is 0 Å². The Morgan fingerprint density at radius 1 is 1.05 bits per heavy atom. The third-order valence-electron chi connectivity index (χ3n) is 3.45. The first-order chi connectivity index (χ1) is 10.6. The number of nitrogens with zero attached hydrogens (tertiary/aromatic N) is 1. The lowest BCUT2D eigenvalue weighted by Gasteiger charge is -2.10. The highest BCUT2D eigenvalue weighted by atomic mass is 35.5. The number of rotatable bonds is 2. The molecule has 0 bridgehead atoms. The molecule has 2 aromatic carbocycles. The summed E-state index contributed by atoms with van der Waals surface area (Å²) in [6, 6.07) is 12.2. The number of halogens is 2. The van der Waals surface area contributed by atoms with Gasteiger partial charge in [0.05, 0.1) is 11.2 Å². The van der Waals surface area contributed by atoms with Gasteiger partial charge in [0.15, 0.2) is 0 Å². The normalized spacial score (nSPS) is 10.7. The number of carbonyl (C=O) groups is 1. The molecule has 0 fully saturated rings. The van der Waals surface area contributed by atoms with Crippen molar-refractivity contribution in [3.05, 3.63) is 69.8 Å². The molecule has 0 aliphatic heterocycles. The van der Waals surface area contributed by atoms with Crippen LogP contribution in [-0.2, 0) is 0 Å². The van der Waals surface area contributed by atoms with Crippen LogP contribution in [0.2, 0.25) is 10.0 Å². The minimum absolute atomic E-state index is 0.197. The average Bonchev–Trinajstić information content (AvgIpc) is 2.52. The van der Waals surface area contributed by atoms with Gasteiger partial charge in [0.25, 0.3) is 5.91 Å². The van der Waals surface area contributed by atoms with E-state index in [4.69, 9.17) is 23.2 Å². The van der Waals surface area contributed by atoms with Crippen molar-refractivity contribution in [1.29, 1.82) is 0 Å². The highest BCUT2D eigenvalue weighted by molar-refractivity contribution is 6.32. The lowest BCUT2D eigenvalue weighted by Crippen LogP contribution is -2.12. The summed E-state index contributed by atoms with van der Waals surface area (Å²) in [5, 5.41) is 5.00. The van der Waals surface area contributed by atoms with E-state index in [0.29, 0.717) is 21.3 Å². The molecule has 3 aromatic rings. The van der Waals surface area contributed by atoms with Gasteiger partial charge in [-0.05, 0) is 55.0 Å². The fourth-order valence-corrected chi connectivity index (χ4v) is 2.52. The third-order valence-corrected chi connectivity index (χ3v) is 4.12. The molecule has 1 N–H and O–H groups in total. The van der Waals surface area contributed by atoms with E-state index < -0.39 is 0 Å². The van der Waals surface area contributed by atoms with Crippen LogP contribution in [0.3, 0.4) is 0 Å². The van der Waals surface area contributed by atoms with Crippen molar-refractivity contribution in [2.45, 2.75) is 6.92 Å². The van der Waals surface area contributed by atoms with E-state index in [1.165, 1.54) is 0 Å². The minimum atomic E-state index is -0.197. The van der Waals surface area contributed by atoms with E-state index in [9.17, 15) is 4.79 Å². The molecule has 0 radical (unpaired) electrons. The Bertz CT molecular complexity index is 860. The molecule has 22 heavy (non-hydrogen) atoms. The van der Waals surface area contributed by atoms with Crippen LogP contribution < -0.4 is 5.32 Å². The van der Waals surface area contributed by atoms with Gasteiger partial charge in [0.2, 0.25) is 0 Å². The maximum atomic E-state index is 12.3. The fraction of sp³-hybridized carbons (Fsp3) is 0.0588. The molecule has 0 aliphatic rings. The summed E-state index contributed by atoms with van der Waals surface area (Å²) in [5.74, 6) is -0.197. The van der Waals surface area contributed by atoms with E-state index >= 15 is 0 Å². The molecule has 0 aliphatic carbocycles. The second-order valence-electron chi connectivity index (χ2n) is 4.89. The van der Waals surface area contributed by atoms with Crippen LogP contribution in [0.5, 0.6) is 0 Å². The van der Waals surface area contributed by atoms with Crippen molar-refractivity contribution < 1.29 is 4.79 Å². The first-order valence-corrected chi connectivity index (χ1v) is 7.42. The van der Waals surface area contributed by atoms with Crippen LogP contribution in [0, 0.1) is 6.92 Å². The number of hydrogen-bond acceptors (Lipinski definition) is 2. The number of carbonyl (C=O) groups excluding carboxylic acids is 1. The number of hydrogen-bond donors (Lipinski definition) is 1. The molecule has 5 heteroatoms. The maximum absolute atomic E-state index is 12.3. The summed E-state index contributed by atoms with van der Waals surface area (Å²) in [7, 11) is 0. The van der Waals surface area contributed by atoms with Crippen molar-refractivity contribution in [1.82, 2.24) is 4.98 Å². The van der Waals surface area contributed by atoms with Gasteiger partial charge in [-0.2, -0.15) is 0 Å². The predicted octanol–water partition coefficient (Wildman–Crippen LogP) is 5.10. The molecule has 0 unspecified atom stereocenters. The van der Waals surface area contributed by atoms with Crippen molar-refractivity contribution in [3.63, 3.8) is 0 Å². The molecule has 0 saturated heterocycles. The number of anilines is 1. The number of amides is 1. The maximum Gasteiger partial charge on any atom is 0.255 e. The number of fused-ring (bicyclic) bond motifs is 1. The van der Waals surface area contributed by atoms with E-state index in [1.807, 2.05) is 13.0 Å². The van der Waals surface area contributed by atoms with Crippen LogP contribution in [0.4, 0.5) is 5.69 Å². The Balaban J connectivity index is 1.99. The highest BCUT2D eigenvalue weighted by Gasteiger charge is 2.11. The summed E-state index contributed by atoms with van der Waals surface area (Å²) in [6.45, 7) is 1.91. The molecule has 0 atom stereocenters. The second-order valence-corrected chi connectivity index (χ2v) is 5.73. The molecule has 3 rings (SSSR count). The predicted molar refractivity (Wildman–Crippen MR) is 90.9 cm³/mol. The molecule has 110 valence electrons. The zero-order chi connectivity index (χ0) is 15.7. The SMILES string of the molecule is Cc1c(Cl)ccc2c(NC(=O)c3ccc(Cl)cc3)ccnc12. The Labute approximate surface area is 137 Å². The molecule has 0 spiro atoms. The van der Waals surface area contributed by atoms with Crippen LogP contribution in [0.25, 0.3) is 10.9 Å². The van der Waals surface area contributed by atoms with Crippen LogP contribution in [0.1, 0.15) is 15.9 Å². The standard InChI is InChI=1S/C17H12Cl2N2O/c1-10-14(19)7-6-13-15(8-9-20-16(10)13)21-17(22)11-2-4-12(18)5-3-11/h2-9H,1H3,(H,20,21,22). The van der Waals surface area contributed by atoms with Crippen LogP contribution in [-0.4, -0.2) is 10.9 Å². The first kappa shape index (κ1) is 14.8. The number of aromatic nitrogens is 1. The lowest BCUT2D eigenvalue weighted by atomic mass is 10.1. The Morgan fingerprint density at radius 3 is 2.50 bits per heavy atom. The van der Waals surface area contributed by atoms with Crippen LogP contribution >= 0.6 is 23.2 Å². The van der Waals surface area contributed by atoms with E-state index in [2.05, 4.69) is 10.3 Å². The number of aryl methyl sites for hydroxylation is 1. The van der Waals surface area contributed by atoms with Crippen molar-refractivity contribution in [3.8, 4) is 0 Å². The van der Waals surface area contributed by atoms with E-state index in [-0.39, 0.29) is 5.91 Å². The summed E-state index contributed by atoms with van der Waals surface area (Å²) in [4.78, 5) is 16.7. The number of pyridine rings is 1. The topological polar surface area (TPSA) is 42.0 Å². The molecule has 3 nitrogen and oxygen atoms in total. The van der Waals surface area contributed by atoms with E-state index in [1.54, 1.807) is 42.6 Å². The molecule has 1 amide bonds. The second kappa shape index (κ2) is 5.95.